The van der Waals surface area contributed by atoms with Crippen molar-refractivity contribution in [2.24, 2.45) is 0 Å². The Balaban J connectivity index is 2.39. The van der Waals surface area contributed by atoms with Crippen LogP contribution >= 0.6 is 30.8 Å². The van der Waals surface area contributed by atoms with Gasteiger partial charge in [-0.1, -0.05) is 37.0 Å². The number of benzene rings is 2. The van der Waals surface area contributed by atoms with Gasteiger partial charge in [0.05, 0.1) is 5.69 Å². The van der Waals surface area contributed by atoms with Gasteiger partial charge in [0, 0.05) is 18.7 Å². The lowest BCUT2D eigenvalue weighted by atomic mass is 10.0. The summed E-state index contributed by atoms with van der Waals surface area (Å²) in [6.45, 7) is 3.79. The molecule has 1 atom stereocenters. The molecule has 148 valence electrons. The number of phenolic OH excluding ortho intramolecular Hbond substituents is 1. The molecule has 2 aromatic carbocycles. The summed E-state index contributed by atoms with van der Waals surface area (Å²) >= 11 is 12.2. The Kier molecular flexibility index (Phi) is 7.00. The minimum atomic E-state index is -3.88. The zero-order valence-corrected chi connectivity index (χ0v) is 17.2. The fourth-order valence-electron chi connectivity index (χ4n) is 2.22. The second-order valence-corrected chi connectivity index (χ2v) is 8.71. The van der Waals surface area contributed by atoms with E-state index in [1.165, 1.54) is 12.1 Å². The highest BCUT2D eigenvalue weighted by Gasteiger charge is 2.22. The standard InChI is InChI=1S/C17H19Cl2FNO5P/c1-9(2)11-6-10(4-5-14(11)22)26-17-15(18)12(20)7-13(16(17)19)21-8-27(23,24)25-3/h4-7,9,21-22H,8H2,1-3H3,(H,23,24). The van der Waals surface area contributed by atoms with Crippen molar-refractivity contribution in [1.82, 2.24) is 0 Å². The van der Waals surface area contributed by atoms with Crippen LogP contribution in [-0.2, 0) is 9.09 Å². The molecular formula is C17H19Cl2FNO5P. The van der Waals surface area contributed by atoms with Crippen LogP contribution in [0.4, 0.5) is 10.1 Å². The van der Waals surface area contributed by atoms with Gasteiger partial charge in [-0.05, 0) is 24.1 Å². The van der Waals surface area contributed by atoms with Gasteiger partial charge < -0.3 is 24.6 Å². The molecule has 0 aliphatic heterocycles. The van der Waals surface area contributed by atoms with Gasteiger partial charge in [0.25, 0.3) is 0 Å². The third-order valence-corrected chi connectivity index (χ3v) is 5.57. The zero-order chi connectivity index (χ0) is 20.4. The second kappa shape index (κ2) is 8.67. The Hall–Kier alpha value is -1.50. The molecule has 0 aliphatic rings. The van der Waals surface area contributed by atoms with Crippen LogP contribution in [0.3, 0.4) is 0 Å². The molecule has 0 aromatic heterocycles. The molecule has 0 fully saturated rings. The molecule has 0 bridgehead atoms. The van der Waals surface area contributed by atoms with E-state index in [1.807, 2.05) is 13.8 Å². The van der Waals surface area contributed by atoms with Crippen LogP contribution in [-0.4, -0.2) is 23.4 Å². The normalized spacial score (nSPS) is 13.5. The van der Waals surface area contributed by atoms with Crippen LogP contribution in [0.15, 0.2) is 24.3 Å². The molecule has 0 aliphatic carbocycles. The van der Waals surface area contributed by atoms with E-state index in [2.05, 4.69) is 9.84 Å². The van der Waals surface area contributed by atoms with Crippen LogP contribution < -0.4 is 10.1 Å². The molecule has 1 unspecified atom stereocenters. The third kappa shape index (κ3) is 5.27. The molecule has 0 saturated heterocycles. The predicted molar refractivity (Wildman–Crippen MR) is 104 cm³/mol. The molecule has 0 radical (unpaired) electrons. The van der Waals surface area contributed by atoms with E-state index in [9.17, 15) is 19.0 Å². The highest BCUT2D eigenvalue weighted by Crippen LogP contribution is 2.45. The van der Waals surface area contributed by atoms with Crippen LogP contribution in [0.25, 0.3) is 0 Å². The van der Waals surface area contributed by atoms with Crippen molar-refractivity contribution in [3.63, 3.8) is 0 Å². The first-order chi connectivity index (χ1) is 12.6. The van der Waals surface area contributed by atoms with Crippen LogP contribution in [0, 0.1) is 5.82 Å². The van der Waals surface area contributed by atoms with Gasteiger partial charge in [-0.15, -0.1) is 0 Å². The summed E-state index contributed by atoms with van der Waals surface area (Å²) in [6.07, 6.45) is -0.486. The third-order valence-electron chi connectivity index (χ3n) is 3.71. The highest BCUT2D eigenvalue weighted by atomic mass is 35.5. The first kappa shape index (κ1) is 21.8. The van der Waals surface area contributed by atoms with Crippen molar-refractivity contribution in [3.05, 3.63) is 45.7 Å². The lowest BCUT2D eigenvalue weighted by molar-refractivity contribution is 0.318. The smallest absolute Gasteiger partial charge is 0.346 e. The van der Waals surface area contributed by atoms with Crippen molar-refractivity contribution in [2.45, 2.75) is 19.8 Å². The van der Waals surface area contributed by atoms with Crippen LogP contribution in [0.2, 0.25) is 10.0 Å². The lowest BCUT2D eigenvalue weighted by Gasteiger charge is -2.17. The Morgan fingerprint density at radius 1 is 1.26 bits per heavy atom. The summed E-state index contributed by atoms with van der Waals surface area (Å²) in [6, 6.07) is 5.52. The maximum atomic E-state index is 14.2. The molecule has 0 heterocycles. The van der Waals surface area contributed by atoms with E-state index in [4.69, 9.17) is 27.9 Å². The van der Waals surface area contributed by atoms with Gasteiger partial charge >= 0.3 is 7.60 Å². The second-order valence-electron chi connectivity index (χ2n) is 6.00. The van der Waals surface area contributed by atoms with E-state index < -0.39 is 19.7 Å². The molecule has 0 spiro atoms. The summed E-state index contributed by atoms with van der Waals surface area (Å²) in [5.74, 6) is -0.564. The molecular weight excluding hydrogens is 419 g/mol. The highest BCUT2D eigenvalue weighted by molar-refractivity contribution is 7.52. The summed E-state index contributed by atoms with van der Waals surface area (Å²) < 4.78 is 35.9. The quantitative estimate of drug-likeness (QED) is 0.366. The maximum Gasteiger partial charge on any atom is 0.346 e. The van der Waals surface area contributed by atoms with E-state index >= 15 is 0 Å². The molecule has 27 heavy (non-hydrogen) atoms. The summed E-state index contributed by atoms with van der Waals surface area (Å²) in [5, 5.41) is 12.0. The van der Waals surface area contributed by atoms with Crippen molar-refractivity contribution >= 4 is 36.5 Å². The number of ether oxygens (including phenoxy) is 1. The summed E-state index contributed by atoms with van der Waals surface area (Å²) in [5.41, 5.74) is 0.651. The number of rotatable bonds is 7. The van der Waals surface area contributed by atoms with E-state index in [-0.39, 0.29) is 33.1 Å². The van der Waals surface area contributed by atoms with Gasteiger partial charge in [0.15, 0.2) is 5.75 Å². The van der Waals surface area contributed by atoms with E-state index in [1.54, 1.807) is 6.07 Å². The number of nitrogens with one attached hydrogen (secondary N) is 1. The number of phenols is 1. The molecule has 2 aromatic rings. The number of aromatic hydroxyl groups is 1. The molecule has 0 saturated carbocycles. The molecule has 3 N–H and O–H groups in total. The number of hydrogen-bond acceptors (Lipinski definition) is 5. The number of halogens is 3. The Morgan fingerprint density at radius 3 is 2.52 bits per heavy atom. The molecule has 10 heteroatoms. The maximum absolute atomic E-state index is 14.2. The van der Waals surface area contributed by atoms with Crippen LogP contribution in [0.5, 0.6) is 17.2 Å². The van der Waals surface area contributed by atoms with Gasteiger partial charge in [-0.3, -0.25) is 4.57 Å². The Labute approximate surface area is 166 Å². The predicted octanol–water partition coefficient (Wildman–Crippen LogP) is 5.96. The van der Waals surface area contributed by atoms with Gasteiger partial charge in [0.2, 0.25) is 0 Å². The fraction of sp³-hybridized carbons (Fsp3) is 0.294. The van der Waals surface area contributed by atoms with Crippen molar-refractivity contribution in [1.29, 1.82) is 0 Å². The Bertz CT molecular complexity index is 894. The van der Waals surface area contributed by atoms with Crippen molar-refractivity contribution in [3.8, 4) is 17.2 Å². The lowest BCUT2D eigenvalue weighted by Crippen LogP contribution is -2.05. The molecule has 0 amide bonds. The summed E-state index contributed by atoms with van der Waals surface area (Å²) in [7, 11) is -2.80. The fourth-order valence-corrected chi connectivity index (χ4v) is 3.21. The number of anilines is 1. The van der Waals surface area contributed by atoms with Crippen molar-refractivity contribution in [2.75, 3.05) is 18.7 Å². The van der Waals surface area contributed by atoms with E-state index in [0.717, 1.165) is 13.2 Å². The first-order valence-electron chi connectivity index (χ1n) is 7.85. The minimum Gasteiger partial charge on any atom is -0.508 e. The van der Waals surface area contributed by atoms with Gasteiger partial charge in [-0.25, -0.2) is 4.39 Å². The monoisotopic (exact) mass is 437 g/mol. The first-order valence-corrected chi connectivity index (χ1v) is 10.4. The topological polar surface area (TPSA) is 88.0 Å². The average molecular weight is 438 g/mol. The van der Waals surface area contributed by atoms with Crippen LogP contribution in [0.1, 0.15) is 25.3 Å². The largest absolute Gasteiger partial charge is 0.508 e. The van der Waals surface area contributed by atoms with E-state index in [0.29, 0.717) is 11.3 Å². The van der Waals surface area contributed by atoms with Gasteiger partial charge in [0.1, 0.15) is 33.6 Å². The average Bonchev–Trinajstić information content (AvgIpc) is 2.61. The molecule has 2 rings (SSSR count). The number of hydrogen-bond donors (Lipinski definition) is 3. The van der Waals surface area contributed by atoms with Crippen molar-refractivity contribution < 1.29 is 28.2 Å². The minimum absolute atomic E-state index is 0.0164. The SMILES string of the molecule is COP(=O)(O)CNc1cc(F)c(Cl)c(Oc2ccc(O)c(C(C)C)c2)c1Cl. The zero-order valence-electron chi connectivity index (χ0n) is 14.8. The Morgan fingerprint density at radius 2 is 1.93 bits per heavy atom. The van der Waals surface area contributed by atoms with Gasteiger partial charge in [-0.2, -0.15) is 0 Å². The molecule has 6 nitrogen and oxygen atoms in total. The summed E-state index contributed by atoms with van der Waals surface area (Å²) in [4.78, 5) is 9.47.